The third-order valence-electron chi connectivity index (χ3n) is 3.68. The highest BCUT2D eigenvalue weighted by Gasteiger charge is 2.13. The van der Waals surface area contributed by atoms with Gasteiger partial charge in [-0.1, -0.05) is 26.2 Å². The van der Waals surface area contributed by atoms with E-state index in [1.54, 1.807) is 0 Å². The van der Waals surface area contributed by atoms with Gasteiger partial charge in [-0.25, -0.2) is 14.0 Å². The average Bonchev–Trinajstić information content (AvgIpc) is 2.63. The molecule has 0 unspecified atom stereocenters. The lowest BCUT2D eigenvalue weighted by Gasteiger charge is -2.07. The minimum Gasteiger partial charge on any atom is -0.462 e. The van der Waals surface area contributed by atoms with Crippen LogP contribution in [0.15, 0.2) is 46.9 Å². The number of carbonyl (C=O) groups excluding carboxylic acids is 2. The van der Waals surface area contributed by atoms with Crippen LogP contribution in [0.5, 0.6) is 5.75 Å². The van der Waals surface area contributed by atoms with Crippen molar-refractivity contribution < 1.29 is 23.5 Å². The highest BCUT2D eigenvalue weighted by Crippen LogP contribution is 2.26. The van der Waals surface area contributed by atoms with E-state index in [-0.39, 0.29) is 11.3 Å². The van der Waals surface area contributed by atoms with E-state index in [1.807, 2.05) is 0 Å². The first kappa shape index (κ1) is 20.1. The lowest BCUT2D eigenvalue weighted by atomic mass is 10.1. The summed E-state index contributed by atoms with van der Waals surface area (Å²) in [6, 6.07) is 9.80. The summed E-state index contributed by atoms with van der Waals surface area (Å²) in [5.41, 5.74) is 0.653. The summed E-state index contributed by atoms with van der Waals surface area (Å²) >= 11 is 3.14. The molecule has 0 atom stereocenters. The van der Waals surface area contributed by atoms with Gasteiger partial charge in [-0.2, -0.15) is 0 Å². The Morgan fingerprint density at radius 1 is 0.962 bits per heavy atom. The second-order valence-electron chi connectivity index (χ2n) is 5.74. The Labute approximate surface area is 160 Å². The molecule has 0 aromatic heterocycles. The van der Waals surface area contributed by atoms with Crippen LogP contribution in [0.25, 0.3) is 0 Å². The molecule has 0 aliphatic rings. The van der Waals surface area contributed by atoms with Crippen molar-refractivity contribution in [3.8, 4) is 5.75 Å². The summed E-state index contributed by atoms with van der Waals surface area (Å²) in [5.74, 6) is -1.24. The first-order chi connectivity index (χ1) is 12.5. The molecule has 26 heavy (non-hydrogen) atoms. The molecular weight excluding hydrogens is 403 g/mol. The van der Waals surface area contributed by atoms with Crippen molar-refractivity contribution in [3.63, 3.8) is 0 Å². The van der Waals surface area contributed by atoms with Crippen LogP contribution >= 0.6 is 15.9 Å². The fourth-order valence-electron chi connectivity index (χ4n) is 2.24. The molecule has 0 saturated carbocycles. The minimum absolute atomic E-state index is 0.215. The van der Waals surface area contributed by atoms with E-state index < -0.39 is 17.8 Å². The van der Waals surface area contributed by atoms with E-state index in [9.17, 15) is 14.0 Å². The normalized spacial score (nSPS) is 10.4. The molecule has 0 fully saturated rings. The van der Waals surface area contributed by atoms with Crippen LogP contribution in [0.2, 0.25) is 0 Å². The van der Waals surface area contributed by atoms with E-state index in [2.05, 4.69) is 22.9 Å². The predicted octanol–water partition coefficient (Wildman–Crippen LogP) is 5.54. The quantitative estimate of drug-likeness (QED) is 0.318. The molecule has 2 rings (SSSR count). The molecule has 0 bridgehead atoms. The molecule has 0 saturated heterocycles. The Bertz CT molecular complexity index is 759. The Kier molecular flexibility index (Phi) is 7.78. The predicted molar refractivity (Wildman–Crippen MR) is 99.9 cm³/mol. The lowest BCUT2D eigenvalue weighted by molar-refractivity contribution is 0.0497. The molecular formula is C20H20BrFO4. The molecule has 0 radical (unpaired) electrons. The van der Waals surface area contributed by atoms with Gasteiger partial charge in [0.1, 0.15) is 11.6 Å². The van der Waals surface area contributed by atoms with Gasteiger partial charge in [0.15, 0.2) is 0 Å². The van der Waals surface area contributed by atoms with Crippen LogP contribution in [0.1, 0.15) is 53.3 Å². The zero-order valence-electron chi connectivity index (χ0n) is 14.5. The van der Waals surface area contributed by atoms with Crippen molar-refractivity contribution in [1.29, 1.82) is 0 Å². The maximum absolute atomic E-state index is 13.1. The molecule has 138 valence electrons. The van der Waals surface area contributed by atoms with Crippen LogP contribution in [0.3, 0.4) is 0 Å². The Morgan fingerprint density at radius 3 is 2.23 bits per heavy atom. The molecule has 0 aliphatic carbocycles. The van der Waals surface area contributed by atoms with Crippen LogP contribution in [0, 0.1) is 5.82 Å². The van der Waals surface area contributed by atoms with Crippen molar-refractivity contribution in [2.45, 2.75) is 32.6 Å². The fraction of sp³-hybridized carbons (Fsp3) is 0.300. The number of hydrogen-bond acceptors (Lipinski definition) is 4. The van der Waals surface area contributed by atoms with Crippen molar-refractivity contribution >= 4 is 27.9 Å². The van der Waals surface area contributed by atoms with Gasteiger partial charge < -0.3 is 9.47 Å². The lowest BCUT2D eigenvalue weighted by Crippen LogP contribution is -2.10. The monoisotopic (exact) mass is 422 g/mol. The number of benzene rings is 2. The van der Waals surface area contributed by atoms with E-state index in [0.29, 0.717) is 16.6 Å². The summed E-state index contributed by atoms with van der Waals surface area (Å²) in [5, 5.41) is 0. The Morgan fingerprint density at radius 2 is 1.62 bits per heavy atom. The zero-order chi connectivity index (χ0) is 18.9. The van der Waals surface area contributed by atoms with Gasteiger partial charge in [-0.05, 0) is 64.8 Å². The van der Waals surface area contributed by atoms with Crippen molar-refractivity contribution in [3.05, 3.63) is 63.9 Å². The van der Waals surface area contributed by atoms with E-state index >= 15 is 0 Å². The first-order valence-electron chi connectivity index (χ1n) is 8.45. The van der Waals surface area contributed by atoms with Gasteiger partial charge in [-0.3, -0.25) is 0 Å². The number of ether oxygens (including phenoxy) is 2. The average molecular weight is 423 g/mol. The highest BCUT2D eigenvalue weighted by molar-refractivity contribution is 9.10. The standard InChI is InChI=1S/C20H20BrFO4/c1-2-3-4-5-12-25-19(23)14-6-8-15(9-7-14)20(24)26-18-11-10-16(22)13-17(18)21/h6-11,13H,2-5,12H2,1H3. The Balaban J connectivity index is 1.91. The molecule has 0 amide bonds. The van der Waals surface area contributed by atoms with Crippen LogP contribution < -0.4 is 4.74 Å². The molecule has 4 nitrogen and oxygen atoms in total. The molecule has 0 N–H and O–H groups in total. The third kappa shape index (κ3) is 5.95. The van der Waals surface area contributed by atoms with Gasteiger partial charge in [0.25, 0.3) is 0 Å². The number of unbranched alkanes of at least 4 members (excludes halogenated alkanes) is 3. The summed E-state index contributed by atoms with van der Waals surface area (Å²) in [6.45, 7) is 2.51. The minimum atomic E-state index is -0.600. The number of esters is 2. The summed E-state index contributed by atoms with van der Waals surface area (Å²) in [6.07, 6.45) is 4.13. The van der Waals surface area contributed by atoms with Gasteiger partial charge in [-0.15, -0.1) is 0 Å². The van der Waals surface area contributed by atoms with Gasteiger partial charge >= 0.3 is 11.9 Å². The summed E-state index contributed by atoms with van der Waals surface area (Å²) in [4.78, 5) is 24.1. The second kappa shape index (κ2) is 10.1. The maximum atomic E-state index is 13.1. The first-order valence-corrected chi connectivity index (χ1v) is 9.25. The summed E-state index contributed by atoms with van der Waals surface area (Å²) < 4.78 is 23.8. The molecule has 2 aromatic carbocycles. The highest BCUT2D eigenvalue weighted by atomic mass is 79.9. The molecule has 6 heteroatoms. The van der Waals surface area contributed by atoms with E-state index in [4.69, 9.17) is 9.47 Å². The van der Waals surface area contributed by atoms with Gasteiger partial charge in [0, 0.05) is 0 Å². The molecule has 2 aromatic rings. The third-order valence-corrected chi connectivity index (χ3v) is 4.30. The Hall–Kier alpha value is -2.21. The number of hydrogen-bond donors (Lipinski definition) is 0. The van der Waals surface area contributed by atoms with Gasteiger partial charge in [0.2, 0.25) is 0 Å². The number of rotatable bonds is 8. The van der Waals surface area contributed by atoms with Crippen LogP contribution in [0.4, 0.5) is 4.39 Å². The summed E-state index contributed by atoms with van der Waals surface area (Å²) in [7, 11) is 0. The van der Waals surface area contributed by atoms with Crippen molar-refractivity contribution in [2.75, 3.05) is 6.61 Å². The number of halogens is 2. The number of carbonyl (C=O) groups is 2. The van der Waals surface area contributed by atoms with Gasteiger partial charge in [0.05, 0.1) is 22.2 Å². The van der Waals surface area contributed by atoms with E-state index in [1.165, 1.54) is 42.5 Å². The maximum Gasteiger partial charge on any atom is 0.343 e. The molecule has 0 heterocycles. The zero-order valence-corrected chi connectivity index (χ0v) is 16.1. The SMILES string of the molecule is CCCCCCOC(=O)c1ccc(C(=O)Oc2ccc(F)cc2Br)cc1. The van der Waals surface area contributed by atoms with Crippen LogP contribution in [-0.2, 0) is 4.74 Å². The second-order valence-corrected chi connectivity index (χ2v) is 6.59. The smallest absolute Gasteiger partial charge is 0.343 e. The van der Waals surface area contributed by atoms with E-state index in [0.717, 1.165) is 25.7 Å². The fourth-order valence-corrected chi connectivity index (χ4v) is 2.67. The van der Waals surface area contributed by atoms with Crippen molar-refractivity contribution in [1.82, 2.24) is 0 Å². The molecule has 0 aliphatic heterocycles. The topological polar surface area (TPSA) is 52.6 Å². The molecule has 0 spiro atoms. The van der Waals surface area contributed by atoms with Crippen LogP contribution in [-0.4, -0.2) is 18.5 Å². The largest absolute Gasteiger partial charge is 0.462 e. The van der Waals surface area contributed by atoms with Crippen molar-refractivity contribution in [2.24, 2.45) is 0 Å².